The maximum Gasteiger partial charge on any atom is 0.0775 e. The number of benzene rings is 3. The molecule has 0 nitrogen and oxygen atoms in total. The summed E-state index contributed by atoms with van der Waals surface area (Å²) >= 11 is 0. The molecular weight excluding hydrogens is 344 g/mol. The highest BCUT2D eigenvalue weighted by Crippen LogP contribution is 2.25. The minimum atomic E-state index is -1.25. The summed E-state index contributed by atoms with van der Waals surface area (Å²) in [4.78, 5) is 0. The first kappa shape index (κ1) is 18.9. The molecule has 0 aromatic heterocycles. The third-order valence-corrected chi connectivity index (χ3v) is 9.05. The fourth-order valence-electron chi connectivity index (χ4n) is 3.11. The summed E-state index contributed by atoms with van der Waals surface area (Å²) in [5.41, 5.74) is 4.82. The molecule has 1 radical (unpaired) electrons. The van der Waals surface area contributed by atoms with Crippen LogP contribution in [0.15, 0.2) is 66.7 Å². The lowest BCUT2D eigenvalue weighted by molar-refractivity contribution is 1.58. The molecule has 0 aliphatic heterocycles. The van der Waals surface area contributed by atoms with Gasteiger partial charge in [0.25, 0.3) is 0 Å². The summed E-state index contributed by atoms with van der Waals surface area (Å²) < 4.78 is 0. The van der Waals surface area contributed by atoms with E-state index in [1.807, 2.05) is 0 Å². The maximum absolute atomic E-state index is 3.62. The van der Waals surface area contributed by atoms with Crippen molar-refractivity contribution >= 4 is 26.5 Å². The average molecular weight is 374 g/mol. The Morgan fingerprint density at radius 3 is 1.15 bits per heavy atom. The van der Waals surface area contributed by atoms with Crippen LogP contribution < -0.4 is 10.4 Å². The lowest BCUT2D eigenvalue weighted by Crippen LogP contribution is -2.37. The minimum Gasteiger partial charge on any atom is -0.0656 e. The first-order chi connectivity index (χ1) is 12.1. The standard InChI is InChI=1S/C24H29Si2/c1-25(2,3)23-14-10-19(11-15-23)21-8-7-9-22(18-21)20-12-16-24(17-13-20)26(4,5)6/h7-17H,1-6H3. The molecule has 0 heterocycles. The van der Waals surface area contributed by atoms with E-state index in [4.69, 9.17) is 0 Å². The molecule has 0 bridgehead atoms. The van der Waals surface area contributed by atoms with Crippen molar-refractivity contribution in [2.45, 2.75) is 39.3 Å². The summed E-state index contributed by atoms with van der Waals surface area (Å²) in [7, 11) is -2.50. The van der Waals surface area contributed by atoms with E-state index < -0.39 is 16.1 Å². The van der Waals surface area contributed by atoms with E-state index in [1.165, 1.54) is 32.6 Å². The Morgan fingerprint density at radius 1 is 0.500 bits per heavy atom. The van der Waals surface area contributed by atoms with Crippen molar-refractivity contribution < 1.29 is 0 Å². The Labute approximate surface area is 160 Å². The smallest absolute Gasteiger partial charge is 0.0656 e. The Kier molecular flexibility index (Phi) is 5.09. The normalized spacial score (nSPS) is 12.2. The monoisotopic (exact) mass is 373 g/mol. The van der Waals surface area contributed by atoms with Crippen molar-refractivity contribution in [3.63, 3.8) is 0 Å². The van der Waals surface area contributed by atoms with E-state index in [0.29, 0.717) is 0 Å². The maximum atomic E-state index is 3.62. The van der Waals surface area contributed by atoms with Gasteiger partial charge in [0.15, 0.2) is 0 Å². The van der Waals surface area contributed by atoms with E-state index in [1.54, 1.807) is 0 Å². The Morgan fingerprint density at radius 2 is 0.846 bits per heavy atom. The third kappa shape index (κ3) is 4.25. The van der Waals surface area contributed by atoms with Gasteiger partial charge in [-0.05, 0) is 28.3 Å². The van der Waals surface area contributed by atoms with Gasteiger partial charge >= 0.3 is 0 Å². The van der Waals surface area contributed by atoms with Crippen LogP contribution in [-0.2, 0) is 0 Å². The third-order valence-electron chi connectivity index (χ3n) is 4.92. The van der Waals surface area contributed by atoms with Gasteiger partial charge in [-0.1, -0.05) is 116 Å². The molecule has 0 N–H and O–H groups in total. The second kappa shape index (κ2) is 7.01. The molecule has 0 saturated carbocycles. The molecule has 133 valence electrons. The quantitative estimate of drug-likeness (QED) is 0.499. The Balaban J connectivity index is 1.91. The lowest BCUT2D eigenvalue weighted by atomic mass is 9.99. The molecule has 0 fully saturated rings. The van der Waals surface area contributed by atoms with Crippen LogP contribution in [0.1, 0.15) is 0 Å². The van der Waals surface area contributed by atoms with Gasteiger partial charge in [0.05, 0.1) is 16.1 Å². The summed E-state index contributed by atoms with van der Waals surface area (Å²) in [5.74, 6) is 0. The Hall–Kier alpha value is -1.91. The van der Waals surface area contributed by atoms with Crippen LogP contribution in [0, 0.1) is 6.07 Å². The van der Waals surface area contributed by atoms with Gasteiger partial charge in [0, 0.05) is 0 Å². The zero-order valence-corrected chi connectivity index (χ0v) is 18.9. The summed E-state index contributed by atoms with van der Waals surface area (Å²) in [5, 5.41) is 3.00. The van der Waals surface area contributed by atoms with E-state index in [0.717, 1.165) is 0 Å². The fraction of sp³-hybridized carbons (Fsp3) is 0.250. The lowest BCUT2D eigenvalue weighted by Gasteiger charge is -2.17. The highest BCUT2D eigenvalue weighted by Gasteiger charge is 2.17. The molecule has 0 unspecified atom stereocenters. The van der Waals surface area contributed by atoms with Crippen molar-refractivity contribution in [1.82, 2.24) is 0 Å². The second-order valence-electron chi connectivity index (χ2n) is 9.13. The van der Waals surface area contributed by atoms with Gasteiger partial charge in [0.2, 0.25) is 0 Å². The molecule has 2 heteroatoms. The van der Waals surface area contributed by atoms with Gasteiger partial charge in [0.1, 0.15) is 0 Å². The van der Waals surface area contributed by atoms with Crippen molar-refractivity contribution in [2.24, 2.45) is 0 Å². The van der Waals surface area contributed by atoms with Crippen LogP contribution >= 0.6 is 0 Å². The van der Waals surface area contributed by atoms with Crippen LogP contribution in [0.2, 0.25) is 39.3 Å². The average Bonchev–Trinajstić information content (AvgIpc) is 2.61. The molecule has 0 spiro atoms. The predicted molar refractivity (Wildman–Crippen MR) is 122 cm³/mol. The number of rotatable bonds is 4. The summed E-state index contributed by atoms with van der Waals surface area (Å²) in [6.07, 6.45) is 0. The van der Waals surface area contributed by atoms with Gasteiger partial charge in [-0.25, -0.2) is 0 Å². The second-order valence-corrected chi connectivity index (χ2v) is 19.3. The highest BCUT2D eigenvalue weighted by molar-refractivity contribution is 6.89. The molecular formula is C24H29Si2. The molecule has 3 aromatic carbocycles. The molecule has 0 aliphatic rings. The van der Waals surface area contributed by atoms with Crippen molar-refractivity contribution in [3.8, 4) is 22.3 Å². The van der Waals surface area contributed by atoms with Crippen LogP contribution in [0.4, 0.5) is 0 Å². The van der Waals surface area contributed by atoms with Crippen molar-refractivity contribution in [3.05, 3.63) is 72.8 Å². The predicted octanol–water partition coefficient (Wildman–Crippen LogP) is 5.91. The highest BCUT2D eigenvalue weighted by atomic mass is 28.3. The van der Waals surface area contributed by atoms with Gasteiger partial charge in [-0.15, -0.1) is 0 Å². The Bertz CT molecular complexity index is 804. The van der Waals surface area contributed by atoms with E-state index >= 15 is 0 Å². The van der Waals surface area contributed by atoms with E-state index in [2.05, 4.69) is 112 Å². The largest absolute Gasteiger partial charge is 0.0775 e. The van der Waals surface area contributed by atoms with Crippen LogP contribution in [0.5, 0.6) is 0 Å². The molecule has 0 saturated heterocycles. The van der Waals surface area contributed by atoms with Crippen LogP contribution in [0.25, 0.3) is 22.3 Å². The molecule has 0 atom stereocenters. The van der Waals surface area contributed by atoms with Gasteiger partial charge in [-0.3, -0.25) is 0 Å². The molecule has 3 rings (SSSR count). The fourth-order valence-corrected chi connectivity index (χ4v) is 5.44. The van der Waals surface area contributed by atoms with Crippen LogP contribution in [0.3, 0.4) is 0 Å². The summed E-state index contributed by atoms with van der Waals surface area (Å²) in [6.45, 7) is 14.3. The number of hydrogen-bond donors (Lipinski definition) is 0. The zero-order valence-electron chi connectivity index (χ0n) is 16.9. The summed E-state index contributed by atoms with van der Waals surface area (Å²) in [6, 6.07) is 28.2. The zero-order chi connectivity index (χ0) is 18.9. The van der Waals surface area contributed by atoms with E-state index in [9.17, 15) is 0 Å². The van der Waals surface area contributed by atoms with Gasteiger partial charge in [-0.2, -0.15) is 0 Å². The van der Waals surface area contributed by atoms with Crippen LogP contribution in [-0.4, -0.2) is 16.1 Å². The van der Waals surface area contributed by atoms with Crippen molar-refractivity contribution in [1.29, 1.82) is 0 Å². The topological polar surface area (TPSA) is 0 Å². The number of hydrogen-bond acceptors (Lipinski definition) is 0. The molecule has 0 amide bonds. The first-order valence-corrected chi connectivity index (χ1v) is 16.4. The molecule has 3 aromatic rings. The minimum absolute atomic E-state index is 1.17. The van der Waals surface area contributed by atoms with E-state index in [-0.39, 0.29) is 0 Å². The SMILES string of the molecule is C[Si](C)(C)c1ccc(-c2[c]c(-c3ccc([Si](C)(C)C)cc3)ccc2)cc1. The van der Waals surface area contributed by atoms with Gasteiger partial charge < -0.3 is 0 Å². The first-order valence-electron chi connectivity index (χ1n) is 9.39. The molecule has 26 heavy (non-hydrogen) atoms. The molecule has 0 aliphatic carbocycles. The van der Waals surface area contributed by atoms with Crippen molar-refractivity contribution in [2.75, 3.05) is 0 Å².